The molecule has 0 aliphatic rings. The van der Waals surface area contributed by atoms with Crippen LogP contribution in [0.2, 0.25) is 0 Å². The highest BCUT2D eigenvalue weighted by Gasteiger charge is 2.39. The molecule has 0 saturated heterocycles. The van der Waals surface area contributed by atoms with Gasteiger partial charge in [-0.15, -0.1) is 0 Å². The first-order valence-electron chi connectivity index (χ1n) is 2.44. The Kier molecular flexibility index (Phi) is 5.40. The molecular weight excluding hydrogens is 301 g/mol. The van der Waals surface area contributed by atoms with Crippen LogP contribution in [0, 0.1) is 0 Å². The topological polar surface area (TPSA) is 151 Å². The van der Waals surface area contributed by atoms with Crippen molar-refractivity contribution in [3.05, 3.63) is 0 Å². The highest BCUT2D eigenvalue weighted by Crippen LogP contribution is 2.71. The lowest BCUT2D eigenvalue weighted by atomic mass is 15.7. The SMILES string of the molecule is O=P(O)(O)OP(=O)(O)OP(=O)(O)SS. The summed E-state index contributed by atoms with van der Waals surface area (Å²) in [5, 5.41) is 0. The molecule has 0 aromatic carbocycles. The second-order valence-electron chi connectivity index (χ2n) is 1.67. The van der Waals surface area contributed by atoms with Crippen LogP contribution < -0.4 is 0 Å². The van der Waals surface area contributed by atoms with Crippen LogP contribution in [0.25, 0.3) is 0 Å². The van der Waals surface area contributed by atoms with Gasteiger partial charge in [0.25, 0.3) is 0 Å². The summed E-state index contributed by atoms with van der Waals surface area (Å²) < 4.78 is 38.1. The Balaban J connectivity index is 4.60. The van der Waals surface area contributed by atoms with Crippen LogP contribution in [0.4, 0.5) is 0 Å². The molecule has 0 saturated carbocycles. The Labute approximate surface area is 86.8 Å². The van der Waals surface area contributed by atoms with E-state index in [-0.39, 0.29) is 10.4 Å². The third-order valence-corrected chi connectivity index (χ3v) is 7.13. The number of thiol groups is 1. The highest BCUT2D eigenvalue weighted by molar-refractivity contribution is 8.93. The highest BCUT2D eigenvalue weighted by atomic mass is 33.3. The van der Waals surface area contributed by atoms with Gasteiger partial charge in [-0.05, 0) is 0 Å². The molecule has 0 rings (SSSR count). The van der Waals surface area contributed by atoms with Gasteiger partial charge in [-0.1, -0.05) is 11.7 Å². The van der Waals surface area contributed by atoms with Crippen LogP contribution in [0.15, 0.2) is 0 Å². The molecule has 0 bridgehead atoms. The molecule has 0 aliphatic carbocycles. The summed E-state index contributed by atoms with van der Waals surface area (Å²) in [7, 11) is -10.7. The van der Waals surface area contributed by atoms with E-state index in [4.69, 9.17) is 19.6 Å². The van der Waals surface area contributed by atoms with Crippen LogP contribution in [-0.4, -0.2) is 19.6 Å². The minimum atomic E-state index is -5.30. The Bertz CT molecular complexity index is 327. The molecule has 0 aromatic heterocycles. The predicted molar refractivity (Wildman–Crippen MR) is 50.4 cm³/mol. The summed E-state index contributed by atoms with van der Waals surface area (Å²) in [5.74, 6) is 0. The van der Waals surface area contributed by atoms with Crippen LogP contribution in [-0.2, 0) is 22.3 Å². The summed E-state index contributed by atoms with van der Waals surface area (Å²) in [6.45, 7) is -4.58. The monoisotopic (exact) mass is 306 g/mol. The van der Waals surface area contributed by atoms with Crippen molar-refractivity contribution >= 4 is 44.5 Å². The van der Waals surface area contributed by atoms with Crippen LogP contribution in [0.5, 0.6) is 0 Å². The molecule has 9 nitrogen and oxygen atoms in total. The molecular formula is H5O9P3S2. The number of hydrogen-bond acceptors (Lipinski definition) is 7. The number of rotatable bonds is 5. The average Bonchev–Trinajstić information content (AvgIpc) is 1.78. The summed E-state index contributed by atoms with van der Waals surface area (Å²) in [5.41, 5.74) is 0. The molecule has 4 N–H and O–H groups in total. The van der Waals surface area contributed by atoms with E-state index >= 15 is 0 Å². The Morgan fingerprint density at radius 1 is 1.00 bits per heavy atom. The molecule has 0 radical (unpaired) electrons. The van der Waals surface area contributed by atoms with E-state index in [0.717, 1.165) is 0 Å². The third kappa shape index (κ3) is 7.44. The van der Waals surface area contributed by atoms with Crippen molar-refractivity contribution in [2.24, 2.45) is 0 Å². The maximum atomic E-state index is 10.6. The first kappa shape index (κ1) is 15.2. The van der Waals surface area contributed by atoms with E-state index in [0.29, 0.717) is 0 Å². The zero-order chi connectivity index (χ0) is 11.6. The Morgan fingerprint density at radius 2 is 1.43 bits per heavy atom. The average molecular weight is 306 g/mol. The van der Waals surface area contributed by atoms with E-state index in [1.54, 1.807) is 0 Å². The lowest BCUT2D eigenvalue weighted by Crippen LogP contribution is -1.90. The smallest absolute Gasteiger partial charge is 0.316 e. The zero-order valence-corrected chi connectivity index (χ0v) is 10.4. The third-order valence-electron chi connectivity index (χ3n) is 0.519. The van der Waals surface area contributed by atoms with Gasteiger partial charge < -0.3 is 19.6 Å². The van der Waals surface area contributed by atoms with Crippen molar-refractivity contribution in [3.8, 4) is 0 Å². The minimum absolute atomic E-state index is 0.102. The van der Waals surface area contributed by atoms with E-state index in [1.165, 1.54) is 0 Å². The van der Waals surface area contributed by atoms with Crippen LogP contribution in [0.1, 0.15) is 0 Å². The lowest BCUT2D eigenvalue weighted by Gasteiger charge is -2.13. The zero-order valence-electron chi connectivity index (χ0n) is 6.03. The van der Waals surface area contributed by atoms with Gasteiger partial charge in [0.2, 0.25) is 0 Å². The predicted octanol–water partition coefficient (Wildman–Crippen LogP) is 0.891. The summed E-state index contributed by atoms with van der Waals surface area (Å²) in [4.78, 5) is 33.4. The lowest BCUT2D eigenvalue weighted by molar-refractivity contribution is 0.226. The van der Waals surface area contributed by atoms with Gasteiger partial charge in [0, 0.05) is 10.4 Å². The molecule has 2 atom stereocenters. The van der Waals surface area contributed by atoms with Crippen molar-refractivity contribution < 1.29 is 41.9 Å². The van der Waals surface area contributed by atoms with Crippen molar-refractivity contribution in [1.29, 1.82) is 0 Å². The second-order valence-corrected chi connectivity index (χ2v) is 9.34. The van der Waals surface area contributed by atoms with Gasteiger partial charge in [0.05, 0.1) is 0 Å². The quantitative estimate of drug-likeness (QED) is 0.281. The fraction of sp³-hybridized carbons (Fsp3) is 0. The molecule has 14 heteroatoms. The van der Waals surface area contributed by atoms with Crippen LogP contribution in [0.3, 0.4) is 0 Å². The molecule has 0 aromatic rings. The van der Waals surface area contributed by atoms with Gasteiger partial charge in [-0.3, -0.25) is 0 Å². The number of hydrogen-bond donors (Lipinski definition) is 5. The molecule has 0 heterocycles. The molecule has 0 spiro atoms. The van der Waals surface area contributed by atoms with E-state index < -0.39 is 22.4 Å². The molecule has 0 aliphatic heterocycles. The molecule has 0 fully saturated rings. The van der Waals surface area contributed by atoms with E-state index in [1.807, 2.05) is 0 Å². The Hall–Kier alpha value is 1.15. The van der Waals surface area contributed by atoms with E-state index in [2.05, 4.69) is 20.3 Å². The maximum absolute atomic E-state index is 10.6. The largest absolute Gasteiger partial charge is 0.488 e. The first-order chi connectivity index (χ1) is 5.97. The van der Waals surface area contributed by atoms with Gasteiger partial charge >= 0.3 is 22.4 Å². The first-order valence-corrected chi connectivity index (χ1v) is 9.52. The number of phosphoric acid groups is 2. The standard InChI is InChI=1S/H5O9P3S2/c1-10(2,3)8-11(4,5)9-12(6,7)14-13/h13H,(H,4,5)(H,6,7)(H2,1,2,3). The normalized spacial score (nSPS) is 21.2. The minimum Gasteiger partial charge on any atom is -0.316 e. The summed E-state index contributed by atoms with van der Waals surface area (Å²) in [6, 6.07) is 0. The summed E-state index contributed by atoms with van der Waals surface area (Å²) >= 11 is 3.22. The fourth-order valence-electron chi connectivity index (χ4n) is 0.295. The van der Waals surface area contributed by atoms with Gasteiger partial charge in [0.15, 0.2) is 0 Å². The maximum Gasteiger partial charge on any atom is 0.488 e. The van der Waals surface area contributed by atoms with Crippen molar-refractivity contribution in [2.45, 2.75) is 0 Å². The second kappa shape index (κ2) is 4.99. The van der Waals surface area contributed by atoms with Crippen molar-refractivity contribution in [2.75, 3.05) is 0 Å². The fourth-order valence-corrected chi connectivity index (χ4v) is 4.75. The van der Waals surface area contributed by atoms with Gasteiger partial charge in [-0.25, -0.2) is 13.7 Å². The van der Waals surface area contributed by atoms with Gasteiger partial charge in [0.1, 0.15) is 0 Å². The molecule has 14 heavy (non-hydrogen) atoms. The molecule has 2 unspecified atom stereocenters. The van der Waals surface area contributed by atoms with Crippen molar-refractivity contribution in [1.82, 2.24) is 0 Å². The molecule has 86 valence electrons. The molecule has 0 amide bonds. The van der Waals surface area contributed by atoms with Crippen LogP contribution >= 0.6 is 44.5 Å². The van der Waals surface area contributed by atoms with E-state index in [9.17, 15) is 13.7 Å². The Morgan fingerprint density at radius 3 is 1.71 bits per heavy atom. The van der Waals surface area contributed by atoms with Crippen molar-refractivity contribution in [3.63, 3.8) is 0 Å². The van der Waals surface area contributed by atoms with Gasteiger partial charge in [-0.2, -0.15) is 8.62 Å². The summed E-state index contributed by atoms with van der Waals surface area (Å²) in [6.07, 6.45) is 0.